The molecule has 0 bridgehead atoms. The van der Waals surface area contributed by atoms with Gasteiger partial charge in [-0.15, -0.1) is 11.3 Å². The van der Waals surface area contributed by atoms with Crippen LogP contribution in [0.4, 0.5) is 0 Å². The van der Waals surface area contributed by atoms with Crippen LogP contribution in [-0.2, 0) is 12.8 Å². The predicted octanol–water partition coefficient (Wildman–Crippen LogP) is 4.97. The van der Waals surface area contributed by atoms with E-state index < -0.39 is 0 Å². The van der Waals surface area contributed by atoms with Crippen LogP contribution in [0.3, 0.4) is 0 Å². The average molecular weight is 338 g/mol. The third-order valence-corrected chi connectivity index (χ3v) is 4.83. The molecule has 1 atom stereocenters. The van der Waals surface area contributed by atoms with Crippen molar-refractivity contribution >= 4 is 27.3 Å². The van der Waals surface area contributed by atoms with Gasteiger partial charge in [0.1, 0.15) is 0 Å². The molecule has 1 nitrogen and oxygen atoms in total. The Morgan fingerprint density at radius 3 is 2.37 bits per heavy atom. The molecule has 0 aliphatic carbocycles. The molecule has 0 saturated heterocycles. The van der Waals surface area contributed by atoms with Crippen molar-refractivity contribution in [3.05, 3.63) is 56.2 Å². The molecule has 2 aromatic rings. The van der Waals surface area contributed by atoms with Crippen LogP contribution in [0.1, 0.15) is 36.6 Å². The highest BCUT2D eigenvalue weighted by atomic mass is 79.9. The van der Waals surface area contributed by atoms with Gasteiger partial charge in [-0.3, -0.25) is 0 Å². The molecule has 0 amide bonds. The maximum Gasteiger partial charge on any atom is 0.0701 e. The van der Waals surface area contributed by atoms with E-state index in [0.717, 1.165) is 19.4 Å². The number of thiophene rings is 1. The number of halogens is 1. The molecule has 3 heteroatoms. The van der Waals surface area contributed by atoms with Crippen LogP contribution in [0.15, 0.2) is 39.5 Å². The lowest BCUT2D eigenvalue weighted by atomic mass is 10.00. The molecule has 0 fully saturated rings. The second-order valence-electron chi connectivity index (χ2n) is 4.67. The summed E-state index contributed by atoms with van der Waals surface area (Å²) >= 11 is 5.30. The zero-order chi connectivity index (χ0) is 13.7. The smallest absolute Gasteiger partial charge is 0.0701 e. The molecular weight excluding hydrogens is 318 g/mol. The molecule has 102 valence electrons. The van der Waals surface area contributed by atoms with E-state index in [0.29, 0.717) is 6.04 Å². The minimum Gasteiger partial charge on any atom is -0.310 e. The van der Waals surface area contributed by atoms with Gasteiger partial charge in [0.05, 0.1) is 3.79 Å². The van der Waals surface area contributed by atoms with Crippen molar-refractivity contribution in [3.63, 3.8) is 0 Å². The normalized spacial score (nSPS) is 12.6. The number of likely N-dealkylation sites (N-methyl/N-ethyl adjacent to an activating group) is 1. The molecule has 19 heavy (non-hydrogen) atoms. The van der Waals surface area contributed by atoms with Gasteiger partial charge in [0.25, 0.3) is 0 Å². The zero-order valence-corrected chi connectivity index (χ0v) is 13.9. The Hall–Kier alpha value is -0.640. The molecule has 0 spiro atoms. The number of hydrogen-bond donors (Lipinski definition) is 1. The third-order valence-electron chi connectivity index (χ3n) is 3.31. The van der Waals surface area contributed by atoms with Gasteiger partial charge in [-0.05, 0) is 63.5 Å². The summed E-state index contributed by atoms with van der Waals surface area (Å²) in [6.07, 6.45) is 2.15. The van der Waals surface area contributed by atoms with Crippen LogP contribution >= 0.6 is 27.3 Å². The average Bonchev–Trinajstić information content (AvgIpc) is 2.86. The first kappa shape index (κ1) is 14.8. The zero-order valence-electron chi connectivity index (χ0n) is 11.4. The van der Waals surface area contributed by atoms with E-state index in [-0.39, 0.29) is 0 Å². The van der Waals surface area contributed by atoms with Gasteiger partial charge in [0, 0.05) is 6.04 Å². The first-order valence-corrected chi connectivity index (χ1v) is 8.45. The Morgan fingerprint density at radius 1 is 1.16 bits per heavy atom. The SMILES string of the molecule is CCNC(Cc1ccc(CC)cc1)c1csc(Br)c1. The van der Waals surface area contributed by atoms with E-state index >= 15 is 0 Å². The molecule has 0 saturated carbocycles. The van der Waals surface area contributed by atoms with Crippen LogP contribution < -0.4 is 5.32 Å². The highest BCUT2D eigenvalue weighted by Gasteiger charge is 2.12. The van der Waals surface area contributed by atoms with Gasteiger partial charge >= 0.3 is 0 Å². The van der Waals surface area contributed by atoms with Crippen LogP contribution in [0, 0.1) is 0 Å². The van der Waals surface area contributed by atoms with Crippen molar-refractivity contribution in [1.82, 2.24) is 5.32 Å². The summed E-state index contributed by atoms with van der Waals surface area (Å²) in [5.74, 6) is 0. The first-order chi connectivity index (χ1) is 9.22. The Balaban J connectivity index is 2.11. The number of rotatable bonds is 6. The van der Waals surface area contributed by atoms with Crippen molar-refractivity contribution in [2.24, 2.45) is 0 Å². The van der Waals surface area contributed by atoms with Crippen molar-refractivity contribution in [3.8, 4) is 0 Å². The van der Waals surface area contributed by atoms with Crippen molar-refractivity contribution < 1.29 is 0 Å². The highest BCUT2D eigenvalue weighted by Crippen LogP contribution is 2.27. The Morgan fingerprint density at radius 2 is 1.84 bits per heavy atom. The van der Waals surface area contributed by atoms with E-state index in [1.807, 2.05) is 0 Å². The molecule has 2 rings (SSSR count). The van der Waals surface area contributed by atoms with Crippen molar-refractivity contribution in [2.45, 2.75) is 32.7 Å². The lowest BCUT2D eigenvalue weighted by Gasteiger charge is -2.17. The second kappa shape index (κ2) is 7.22. The molecule has 1 heterocycles. The van der Waals surface area contributed by atoms with Crippen LogP contribution in [-0.4, -0.2) is 6.54 Å². The standard InChI is InChI=1S/C16H20BrNS/c1-3-12-5-7-13(8-6-12)9-15(18-4-2)14-10-16(17)19-11-14/h5-8,10-11,15,18H,3-4,9H2,1-2H3. The highest BCUT2D eigenvalue weighted by molar-refractivity contribution is 9.11. The summed E-state index contributed by atoms with van der Waals surface area (Å²) < 4.78 is 1.20. The van der Waals surface area contributed by atoms with E-state index in [4.69, 9.17) is 0 Å². The fraction of sp³-hybridized carbons (Fsp3) is 0.375. The molecule has 1 N–H and O–H groups in total. The van der Waals surface area contributed by atoms with E-state index in [2.05, 4.69) is 70.8 Å². The van der Waals surface area contributed by atoms with Gasteiger partial charge in [0.2, 0.25) is 0 Å². The minimum atomic E-state index is 0.403. The lowest BCUT2D eigenvalue weighted by Crippen LogP contribution is -2.22. The molecule has 1 aromatic carbocycles. The molecular formula is C16H20BrNS. The third kappa shape index (κ3) is 4.16. The second-order valence-corrected chi connectivity index (χ2v) is 6.96. The Labute approximate surface area is 128 Å². The monoisotopic (exact) mass is 337 g/mol. The number of nitrogens with one attached hydrogen (secondary N) is 1. The molecule has 0 radical (unpaired) electrons. The van der Waals surface area contributed by atoms with Gasteiger partial charge in [0.15, 0.2) is 0 Å². The summed E-state index contributed by atoms with van der Waals surface area (Å²) in [6.45, 7) is 5.35. The fourth-order valence-corrected chi connectivity index (χ4v) is 3.44. The topological polar surface area (TPSA) is 12.0 Å². The minimum absolute atomic E-state index is 0.403. The maximum absolute atomic E-state index is 3.58. The Kier molecular flexibility index (Phi) is 5.61. The fourth-order valence-electron chi connectivity index (χ4n) is 2.21. The van der Waals surface area contributed by atoms with Gasteiger partial charge in [-0.2, -0.15) is 0 Å². The molecule has 0 aliphatic heterocycles. The summed E-state index contributed by atoms with van der Waals surface area (Å²) in [5.41, 5.74) is 4.17. The number of benzene rings is 1. The number of hydrogen-bond acceptors (Lipinski definition) is 2. The summed E-state index contributed by atoms with van der Waals surface area (Å²) in [5, 5.41) is 5.81. The largest absolute Gasteiger partial charge is 0.310 e. The maximum atomic E-state index is 3.58. The van der Waals surface area contributed by atoms with Crippen molar-refractivity contribution in [1.29, 1.82) is 0 Å². The van der Waals surface area contributed by atoms with Gasteiger partial charge in [-0.25, -0.2) is 0 Å². The van der Waals surface area contributed by atoms with Crippen LogP contribution in [0.25, 0.3) is 0 Å². The van der Waals surface area contributed by atoms with Crippen LogP contribution in [0.2, 0.25) is 0 Å². The van der Waals surface area contributed by atoms with Gasteiger partial charge < -0.3 is 5.32 Å². The quantitative estimate of drug-likeness (QED) is 0.784. The van der Waals surface area contributed by atoms with E-state index in [9.17, 15) is 0 Å². The predicted molar refractivity (Wildman–Crippen MR) is 88.0 cm³/mol. The summed E-state index contributed by atoms with van der Waals surface area (Å²) in [7, 11) is 0. The van der Waals surface area contributed by atoms with E-state index in [1.54, 1.807) is 11.3 Å². The molecule has 1 unspecified atom stereocenters. The van der Waals surface area contributed by atoms with Gasteiger partial charge in [-0.1, -0.05) is 38.1 Å². The van der Waals surface area contributed by atoms with E-state index in [1.165, 1.54) is 20.5 Å². The number of aryl methyl sites for hydroxylation is 1. The molecule has 1 aromatic heterocycles. The summed E-state index contributed by atoms with van der Waals surface area (Å²) in [6, 6.07) is 11.6. The van der Waals surface area contributed by atoms with Crippen LogP contribution in [0.5, 0.6) is 0 Å². The summed E-state index contributed by atoms with van der Waals surface area (Å²) in [4.78, 5) is 0. The Bertz CT molecular complexity index is 504. The first-order valence-electron chi connectivity index (χ1n) is 6.78. The van der Waals surface area contributed by atoms with Crippen molar-refractivity contribution in [2.75, 3.05) is 6.54 Å². The lowest BCUT2D eigenvalue weighted by molar-refractivity contribution is 0.551. The molecule has 0 aliphatic rings.